The Labute approximate surface area is 211 Å². The molecule has 12 nitrogen and oxygen atoms in total. The van der Waals surface area contributed by atoms with Gasteiger partial charge in [0, 0.05) is 27.9 Å². The van der Waals surface area contributed by atoms with Gasteiger partial charge in [-0.1, -0.05) is 12.1 Å². The number of nitrogens with one attached hydrogen (secondary N) is 1. The smallest absolute Gasteiger partial charge is 0.295 e. The molecule has 36 heavy (non-hydrogen) atoms. The van der Waals surface area contributed by atoms with E-state index >= 15 is 0 Å². The minimum Gasteiger partial charge on any atom is -0.505 e. The van der Waals surface area contributed by atoms with E-state index in [2.05, 4.69) is 5.32 Å². The van der Waals surface area contributed by atoms with Gasteiger partial charge in [-0.15, -0.1) is 11.6 Å². The molecule has 0 bridgehead atoms. The molecule has 0 spiro atoms. The number of carbonyl (C=O) groups is 1. The Hall–Kier alpha value is -2.95. The van der Waals surface area contributed by atoms with Crippen LogP contribution in [0.1, 0.15) is 15.9 Å². The first-order chi connectivity index (χ1) is 16.5. The predicted octanol–water partition coefficient (Wildman–Crippen LogP) is 2.03. The molecule has 1 amide bonds. The number of phenolic OH excluding ortho intramolecular Hbond substituents is 1. The molecule has 0 saturated heterocycles. The number of benzene rings is 3. The third-order valence-corrected chi connectivity index (χ3v) is 8.75. The second kappa shape index (κ2) is 9.84. The first kappa shape index (κ1) is 27.6. The maximum atomic E-state index is 12.7. The van der Waals surface area contributed by atoms with Crippen molar-refractivity contribution in [1.29, 1.82) is 0 Å². The number of hydrogen-bond donors (Lipinski definition) is 5. The lowest BCUT2D eigenvalue weighted by molar-refractivity contribution is 0.102. The van der Waals surface area contributed by atoms with E-state index in [1.165, 1.54) is 24.3 Å². The largest absolute Gasteiger partial charge is 0.505 e. The van der Waals surface area contributed by atoms with Gasteiger partial charge < -0.3 is 16.2 Å². The van der Waals surface area contributed by atoms with Gasteiger partial charge >= 0.3 is 0 Å². The Bertz CT molecular complexity index is 1690. The van der Waals surface area contributed by atoms with E-state index in [0.717, 1.165) is 12.1 Å². The van der Waals surface area contributed by atoms with Crippen molar-refractivity contribution < 1.29 is 44.3 Å². The van der Waals surface area contributed by atoms with Gasteiger partial charge in [-0.3, -0.25) is 13.9 Å². The molecule has 0 atom stereocenters. The number of carbonyl (C=O) groups excluding carboxylic acids is 1. The number of aromatic hydroxyl groups is 1. The molecule has 0 radical (unpaired) electrons. The van der Waals surface area contributed by atoms with Gasteiger partial charge in [0.1, 0.15) is 15.5 Å². The molecular formula is C20H19ClN2O10S3. The Morgan fingerprint density at radius 3 is 2.03 bits per heavy atom. The predicted molar refractivity (Wildman–Crippen MR) is 132 cm³/mol. The number of amides is 1. The van der Waals surface area contributed by atoms with Crippen molar-refractivity contribution in [3.8, 4) is 5.75 Å². The lowest BCUT2D eigenvalue weighted by atomic mass is 10.1. The van der Waals surface area contributed by atoms with E-state index in [1.807, 2.05) is 0 Å². The summed E-state index contributed by atoms with van der Waals surface area (Å²) in [4.78, 5) is 10.9. The van der Waals surface area contributed by atoms with Crippen LogP contribution < -0.4 is 11.1 Å². The molecule has 16 heteroatoms. The van der Waals surface area contributed by atoms with Crippen LogP contribution in [0.3, 0.4) is 0 Å². The van der Waals surface area contributed by atoms with E-state index in [-0.39, 0.29) is 28.6 Å². The SMILES string of the molecule is Nc1cc(S(=O)(=O)O)c2cc(NC(=O)c3ccc(CS(=O)(=O)CCCl)cc3)cc(S(=O)(=O)O)c2c1O. The zero-order valence-electron chi connectivity index (χ0n) is 18.0. The fourth-order valence-electron chi connectivity index (χ4n) is 3.37. The molecule has 0 saturated carbocycles. The lowest BCUT2D eigenvalue weighted by Crippen LogP contribution is -2.14. The van der Waals surface area contributed by atoms with E-state index in [0.29, 0.717) is 11.6 Å². The molecule has 0 unspecified atom stereocenters. The van der Waals surface area contributed by atoms with Gasteiger partial charge in [0.25, 0.3) is 26.1 Å². The summed E-state index contributed by atoms with van der Waals surface area (Å²) in [7, 11) is -13.5. The average molecular weight is 579 g/mol. The van der Waals surface area contributed by atoms with Crippen molar-refractivity contribution in [2.45, 2.75) is 15.5 Å². The van der Waals surface area contributed by atoms with Crippen molar-refractivity contribution in [2.75, 3.05) is 22.7 Å². The van der Waals surface area contributed by atoms with Gasteiger partial charge in [-0.2, -0.15) is 16.8 Å². The van der Waals surface area contributed by atoms with Crippen LogP contribution in [0.2, 0.25) is 0 Å². The molecule has 6 N–H and O–H groups in total. The van der Waals surface area contributed by atoms with Crippen molar-refractivity contribution in [2.24, 2.45) is 0 Å². The molecule has 3 aromatic rings. The van der Waals surface area contributed by atoms with Gasteiger partial charge in [-0.25, -0.2) is 8.42 Å². The summed E-state index contributed by atoms with van der Waals surface area (Å²) in [5.41, 5.74) is 5.05. The fraction of sp³-hybridized carbons (Fsp3) is 0.150. The van der Waals surface area contributed by atoms with Crippen LogP contribution in [-0.4, -0.2) is 57.0 Å². The maximum absolute atomic E-state index is 12.7. The summed E-state index contributed by atoms with van der Waals surface area (Å²) >= 11 is 5.47. The van der Waals surface area contributed by atoms with Crippen LogP contribution in [0.4, 0.5) is 11.4 Å². The lowest BCUT2D eigenvalue weighted by Gasteiger charge is -2.14. The van der Waals surface area contributed by atoms with Crippen molar-refractivity contribution in [1.82, 2.24) is 0 Å². The van der Waals surface area contributed by atoms with E-state index < -0.39 is 68.0 Å². The molecule has 0 aromatic heterocycles. The number of alkyl halides is 1. The van der Waals surface area contributed by atoms with Gasteiger partial charge in [0.05, 0.1) is 17.2 Å². The van der Waals surface area contributed by atoms with E-state index in [9.17, 15) is 44.3 Å². The number of nitrogen functional groups attached to an aromatic ring is 1. The molecule has 194 valence electrons. The Balaban J connectivity index is 2.07. The second-order valence-corrected chi connectivity index (χ2v) is 12.9. The minimum absolute atomic E-state index is 0.0251. The number of hydrogen-bond acceptors (Lipinski definition) is 9. The summed E-state index contributed by atoms with van der Waals surface area (Å²) in [6.45, 7) is 0. The number of fused-ring (bicyclic) bond motifs is 1. The molecule has 0 aliphatic heterocycles. The van der Waals surface area contributed by atoms with Crippen LogP contribution in [0, 0.1) is 0 Å². The zero-order chi connectivity index (χ0) is 27.1. The first-order valence-corrected chi connectivity index (χ1v) is 15.0. The van der Waals surface area contributed by atoms with Crippen LogP contribution in [-0.2, 0) is 35.8 Å². The standard InChI is InChI=1S/C20H19ClN2O10S3/c21-5-6-34(26,27)10-11-1-3-12(4-2-11)20(25)23-13-7-14-16(35(28,29)30)9-15(22)19(24)18(14)17(8-13)36(31,32)33/h1-4,7-9,24H,5-6,10,22H2,(H,23,25)(H,28,29,30)(H,31,32,33). The van der Waals surface area contributed by atoms with Crippen molar-refractivity contribution in [3.05, 3.63) is 53.6 Å². The third-order valence-electron chi connectivity index (χ3n) is 4.97. The number of halogens is 1. The first-order valence-electron chi connectivity index (χ1n) is 9.74. The summed E-state index contributed by atoms with van der Waals surface area (Å²) < 4.78 is 90.8. The molecule has 0 heterocycles. The summed E-state index contributed by atoms with van der Waals surface area (Å²) in [6, 6.07) is 7.80. The van der Waals surface area contributed by atoms with Crippen molar-refractivity contribution in [3.63, 3.8) is 0 Å². The quantitative estimate of drug-likeness (QED) is 0.113. The Morgan fingerprint density at radius 1 is 0.917 bits per heavy atom. The van der Waals surface area contributed by atoms with Crippen LogP contribution in [0.25, 0.3) is 10.8 Å². The number of rotatable bonds is 8. The highest BCUT2D eigenvalue weighted by molar-refractivity contribution is 7.90. The molecule has 3 aromatic carbocycles. The Kier molecular flexibility index (Phi) is 7.55. The summed E-state index contributed by atoms with van der Waals surface area (Å²) in [5.74, 6) is -2.26. The number of sulfone groups is 1. The average Bonchev–Trinajstić information content (AvgIpc) is 2.74. The highest BCUT2D eigenvalue weighted by Crippen LogP contribution is 2.41. The summed E-state index contributed by atoms with van der Waals surface area (Å²) in [6.07, 6.45) is 0. The van der Waals surface area contributed by atoms with Gasteiger partial charge in [-0.05, 0) is 35.9 Å². The number of nitrogens with two attached hydrogens (primary N) is 1. The molecule has 0 aliphatic carbocycles. The molecule has 0 fully saturated rings. The Morgan fingerprint density at radius 2 is 1.50 bits per heavy atom. The van der Waals surface area contributed by atoms with Gasteiger partial charge in [0.2, 0.25) is 0 Å². The van der Waals surface area contributed by atoms with E-state index in [4.69, 9.17) is 17.3 Å². The molecule has 3 rings (SSSR count). The molecular weight excluding hydrogens is 560 g/mol. The fourth-order valence-corrected chi connectivity index (χ4v) is 6.61. The van der Waals surface area contributed by atoms with Crippen LogP contribution in [0.15, 0.2) is 52.3 Å². The highest BCUT2D eigenvalue weighted by atomic mass is 35.5. The monoisotopic (exact) mass is 578 g/mol. The number of anilines is 2. The van der Waals surface area contributed by atoms with E-state index in [1.54, 1.807) is 0 Å². The van der Waals surface area contributed by atoms with Crippen LogP contribution >= 0.6 is 11.6 Å². The summed E-state index contributed by atoms with van der Waals surface area (Å²) in [5, 5.41) is 11.4. The normalized spacial score (nSPS) is 12.5. The van der Waals surface area contributed by atoms with Crippen molar-refractivity contribution >= 4 is 69.7 Å². The second-order valence-electron chi connectivity index (χ2n) is 7.59. The minimum atomic E-state index is -5.09. The topological polar surface area (TPSA) is 218 Å². The third kappa shape index (κ3) is 6.05. The molecule has 0 aliphatic rings. The number of phenols is 1. The van der Waals surface area contributed by atoms with Gasteiger partial charge in [0.15, 0.2) is 9.84 Å². The highest BCUT2D eigenvalue weighted by Gasteiger charge is 2.26. The van der Waals surface area contributed by atoms with Crippen LogP contribution in [0.5, 0.6) is 5.75 Å². The zero-order valence-corrected chi connectivity index (χ0v) is 21.2. The maximum Gasteiger partial charge on any atom is 0.295 e.